The van der Waals surface area contributed by atoms with Crippen molar-refractivity contribution in [3.05, 3.63) is 84.3 Å². The van der Waals surface area contributed by atoms with Gasteiger partial charge in [0.05, 0.1) is 24.9 Å². The molecule has 1 saturated heterocycles. The molecule has 0 spiro atoms. The molecule has 2 amide bonds. The van der Waals surface area contributed by atoms with Gasteiger partial charge in [0.15, 0.2) is 23.1 Å². The van der Waals surface area contributed by atoms with Crippen molar-refractivity contribution < 1.29 is 23.4 Å². The number of carbonyl (C=O) groups excluding carboxylic acids is 1. The summed E-state index contributed by atoms with van der Waals surface area (Å²) < 4.78 is 32.5. The molecule has 5 rings (SSSR count). The quantitative estimate of drug-likeness (QED) is 0.129. The number of carbonyl (C=O) groups is 1. The largest absolute Gasteiger partial charge is 0.493 e. The van der Waals surface area contributed by atoms with Gasteiger partial charge in [-0.3, -0.25) is 10.4 Å². The molecule has 0 aliphatic carbocycles. The Morgan fingerprint density at radius 1 is 1.02 bits per heavy atom. The number of amides is 2. The van der Waals surface area contributed by atoms with E-state index in [0.717, 1.165) is 31.6 Å². The number of hydrogen-bond acceptors (Lipinski definition) is 7. The molecule has 1 aliphatic rings. The zero-order chi connectivity index (χ0) is 28.4. The number of fused-ring (bicyclic) bond motifs is 1. The van der Waals surface area contributed by atoms with E-state index in [0.29, 0.717) is 40.4 Å². The lowest BCUT2D eigenvalue weighted by atomic mass is 10.1. The van der Waals surface area contributed by atoms with E-state index < -0.39 is 11.8 Å². The Balaban J connectivity index is 1.22. The number of rotatable bonds is 11. The lowest BCUT2D eigenvalue weighted by molar-refractivity contribution is 0.251. The summed E-state index contributed by atoms with van der Waals surface area (Å²) >= 11 is 0. The molecule has 1 fully saturated rings. The van der Waals surface area contributed by atoms with Crippen LogP contribution >= 0.6 is 0 Å². The smallest absolute Gasteiger partial charge is 0.359 e. The third-order valence-corrected chi connectivity index (χ3v) is 6.66. The third-order valence-electron chi connectivity index (χ3n) is 6.66. The highest BCUT2D eigenvalue weighted by molar-refractivity contribution is 5.91. The van der Waals surface area contributed by atoms with Crippen molar-refractivity contribution in [2.75, 3.05) is 38.8 Å². The van der Waals surface area contributed by atoms with Gasteiger partial charge in [-0.2, -0.15) is 4.99 Å². The van der Waals surface area contributed by atoms with Crippen LogP contribution in [0, 0.1) is 5.82 Å². The van der Waals surface area contributed by atoms with Gasteiger partial charge in [0.25, 0.3) is 0 Å². The number of urea groups is 1. The lowest BCUT2D eigenvalue weighted by Crippen LogP contribution is -2.26. The van der Waals surface area contributed by atoms with E-state index >= 15 is 0 Å². The van der Waals surface area contributed by atoms with Gasteiger partial charge >= 0.3 is 6.03 Å². The van der Waals surface area contributed by atoms with Crippen molar-refractivity contribution in [2.45, 2.75) is 19.3 Å². The number of hydrazine groups is 1. The number of nitrogens with one attached hydrogen (secondary N) is 2. The van der Waals surface area contributed by atoms with Crippen LogP contribution in [0.25, 0.3) is 10.9 Å². The number of aliphatic imine (C=N–C) groups is 1. The molecule has 0 radical (unpaired) electrons. The highest BCUT2D eigenvalue weighted by Crippen LogP contribution is 2.37. The summed E-state index contributed by atoms with van der Waals surface area (Å²) in [6.07, 6.45) is 6.49. The van der Waals surface area contributed by atoms with Gasteiger partial charge in [0.2, 0.25) is 0 Å². The number of nitrogens with zero attached hydrogens (tertiary/aromatic N) is 3. The molecule has 4 aromatic rings. The van der Waals surface area contributed by atoms with E-state index in [1.165, 1.54) is 31.2 Å². The maximum Gasteiger partial charge on any atom is 0.359 e. The normalized spacial score (nSPS) is 13.4. The molecule has 0 unspecified atom stereocenters. The summed E-state index contributed by atoms with van der Waals surface area (Å²) in [5.74, 6) is 0.951. The highest BCUT2D eigenvalue weighted by atomic mass is 19.1. The summed E-state index contributed by atoms with van der Waals surface area (Å²) in [5, 5.41) is 0.652. The molecule has 1 aliphatic heterocycles. The maximum absolute atomic E-state index is 15.0. The Labute approximate surface area is 237 Å². The molecule has 3 aromatic carbocycles. The Kier molecular flexibility index (Phi) is 9.23. The van der Waals surface area contributed by atoms with E-state index in [4.69, 9.17) is 14.2 Å². The minimum atomic E-state index is -0.623. The minimum Gasteiger partial charge on any atom is -0.493 e. The van der Waals surface area contributed by atoms with Gasteiger partial charge in [0, 0.05) is 36.5 Å². The molecule has 1 aromatic heterocycles. The average Bonchev–Trinajstić information content (AvgIpc) is 3.52. The monoisotopic (exact) mass is 557 g/mol. The number of benzene rings is 3. The minimum absolute atomic E-state index is 0.0117. The fraction of sp³-hybridized carbons (Fsp3) is 0.258. The van der Waals surface area contributed by atoms with Crippen LogP contribution < -0.4 is 25.1 Å². The topological polar surface area (TPSA) is 97.3 Å². The molecule has 212 valence electrons. The second-order valence-electron chi connectivity index (χ2n) is 9.55. The van der Waals surface area contributed by atoms with Crippen LogP contribution in [0.5, 0.6) is 23.0 Å². The number of ether oxygens (including phenoxy) is 3. The van der Waals surface area contributed by atoms with E-state index in [-0.39, 0.29) is 5.75 Å². The molecule has 41 heavy (non-hydrogen) atoms. The van der Waals surface area contributed by atoms with E-state index in [1.54, 1.807) is 31.5 Å². The summed E-state index contributed by atoms with van der Waals surface area (Å²) in [6.45, 7) is 3.90. The fourth-order valence-corrected chi connectivity index (χ4v) is 4.58. The summed E-state index contributed by atoms with van der Waals surface area (Å²) in [7, 11) is 1.58. The first-order chi connectivity index (χ1) is 20.1. The van der Waals surface area contributed by atoms with E-state index in [2.05, 4.69) is 25.7 Å². The number of pyridine rings is 1. The lowest BCUT2D eigenvalue weighted by Gasteiger charge is -2.16. The van der Waals surface area contributed by atoms with Gasteiger partial charge in [-0.15, -0.1) is 0 Å². The molecular weight excluding hydrogens is 525 g/mol. The Morgan fingerprint density at radius 3 is 2.63 bits per heavy atom. The third kappa shape index (κ3) is 7.49. The zero-order valence-electron chi connectivity index (χ0n) is 22.8. The first kappa shape index (κ1) is 27.9. The number of halogens is 1. The molecule has 10 heteroatoms. The molecule has 2 heterocycles. The van der Waals surface area contributed by atoms with Crippen molar-refractivity contribution in [3.8, 4) is 23.0 Å². The molecule has 0 saturated carbocycles. The average molecular weight is 558 g/mol. The number of aromatic nitrogens is 1. The van der Waals surface area contributed by atoms with Crippen molar-refractivity contribution in [1.29, 1.82) is 0 Å². The zero-order valence-corrected chi connectivity index (χ0v) is 22.8. The van der Waals surface area contributed by atoms with Gasteiger partial charge in [-0.05, 0) is 62.2 Å². The van der Waals surface area contributed by atoms with Crippen LogP contribution in [0.4, 0.5) is 14.9 Å². The van der Waals surface area contributed by atoms with Gasteiger partial charge in [-0.1, -0.05) is 30.3 Å². The summed E-state index contributed by atoms with van der Waals surface area (Å²) in [6, 6.07) is 18.1. The second-order valence-corrected chi connectivity index (χ2v) is 9.55. The first-order valence-corrected chi connectivity index (χ1v) is 13.5. The number of hydrogen-bond donors (Lipinski definition) is 2. The van der Waals surface area contributed by atoms with Crippen molar-refractivity contribution in [2.24, 2.45) is 4.99 Å². The fourth-order valence-electron chi connectivity index (χ4n) is 4.58. The summed E-state index contributed by atoms with van der Waals surface area (Å²) in [4.78, 5) is 22.7. The standard InChI is InChI=1S/C31H32FN5O4/c1-39-29-19-24-26(20-30(29)40-17-7-16-37-14-5-6-15-37)33-13-12-27(24)41-28-11-10-23(18-25(28)32)35-36-31(38)34-21-22-8-3-2-4-9-22/h2-4,8-13,18-21,35H,5-7,14-17H2,1H3,(H,36,38). The highest BCUT2D eigenvalue weighted by Gasteiger charge is 2.15. The number of anilines is 1. The van der Waals surface area contributed by atoms with Crippen LogP contribution in [-0.2, 0) is 0 Å². The predicted octanol–water partition coefficient (Wildman–Crippen LogP) is 6.20. The molecule has 9 nitrogen and oxygen atoms in total. The molecule has 0 atom stereocenters. The molecular formula is C31H32FN5O4. The maximum atomic E-state index is 15.0. The summed E-state index contributed by atoms with van der Waals surface area (Å²) in [5.41, 5.74) is 6.80. The van der Waals surface area contributed by atoms with Crippen LogP contribution in [0.2, 0.25) is 0 Å². The molecule has 2 N–H and O–H groups in total. The van der Waals surface area contributed by atoms with Crippen LogP contribution in [0.3, 0.4) is 0 Å². The van der Waals surface area contributed by atoms with Crippen LogP contribution in [0.15, 0.2) is 77.9 Å². The van der Waals surface area contributed by atoms with Crippen molar-refractivity contribution in [1.82, 2.24) is 15.3 Å². The Hall–Kier alpha value is -4.70. The van der Waals surface area contributed by atoms with Crippen LogP contribution in [-0.4, -0.2) is 55.5 Å². The Bertz CT molecular complexity index is 1510. The SMILES string of the molecule is COc1cc2c(Oc3ccc(NNC(=O)N=Cc4ccccc4)cc3F)ccnc2cc1OCCCN1CCCC1. The van der Waals surface area contributed by atoms with Crippen molar-refractivity contribution in [3.63, 3.8) is 0 Å². The van der Waals surface area contributed by atoms with Crippen LogP contribution in [0.1, 0.15) is 24.8 Å². The second kappa shape index (κ2) is 13.6. The van der Waals surface area contributed by atoms with E-state index in [9.17, 15) is 9.18 Å². The van der Waals surface area contributed by atoms with Gasteiger partial charge in [-0.25, -0.2) is 14.6 Å². The van der Waals surface area contributed by atoms with Gasteiger partial charge in [0.1, 0.15) is 5.75 Å². The first-order valence-electron chi connectivity index (χ1n) is 13.5. The number of methoxy groups -OCH3 is 1. The Morgan fingerprint density at radius 2 is 1.85 bits per heavy atom. The predicted molar refractivity (Wildman–Crippen MR) is 157 cm³/mol. The van der Waals surface area contributed by atoms with Crippen molar-refractivity contribution >= 4 is 28.8 Å². The molecule has 0 bridgehead atoms. The number of likely N-dealkylation sites (tertiary alicyclic amines) is 1. The van der Waals surface area contributed by atoms with Gasteiger partial charge < -0.3 is 19.1 Å². The van der Waals surface area contributed by atoms with E-state index in [1.807, 2.05) is 36.4 Å².